The van der Waals surface area contributed by atoms with Gasteiger partial charge in [0.05, 0.1) is 18.8 Å². The smallest absolute Gasteiger partial charge is 0.272 e. The van der Waals surface area contributed by atoms with Crippen LogP contribution in [0.3, 0.4) is 0 Å². The number of carbonyl (C=O) groups is 1. The third kappa shape index (κ3) is 7.69. The van der Waals surface area contributed by atoms with Gasteiger partial charge in [-0.25, -0.2) is 4.68 Å². The lowest BCUT2D eigenvalue weighted by molar-refractivity contribution is -0.268. The number of hydrogen-bond donors (Lipinski definition) is 2. The minimum Gasteiger partial charge on any atom is -0.392 e. The van der Waals surface area contributed by atoms with Gasteiger partial charge in [0, 0.05) is 30.8 Å². The van der Waals surface area contributed by atoms with Crippen molar-refractivity contribution >= 4 is 52.5 Å². The van der Waals surface area contributed by atoms with Gasteiger partial charge in [0.2, 0.25) is 5.16 Å². The fourth-order valence-electron chi connectivity index (χ4n) is 4.86. The van der Waals surface area contributed by atoms with Gasteiger partial charge in [0.25, 0.3) is 9.70 Å². The molecular formula is C30H30Cl3N5O4S. The molecule has 1 aromatic heterocycles. The van der Waals surface area contributed by atoms with Crippen molar-refractivity contribution in [3.05, 3.63) is 95.1 Å². The van der Waals surface area contributed by atoms with Crippen LogP contribution in [0, 0.1) is 5.92 Å². The van der Waals surface area contributed by atoms with E-state index in [1.54, 1.807) is 11.7 Å². The highest BCUT2D eigenvalue weighted by atomic mass is 35.6. The zero-order valence-corrected chi connectivity index (χ0v) is 26.4. The number of halogens is 3. The Morgan fingerprint density at radius 2 is 1.72 bits per heavy atom. The van der Waals surface area contributed by atoms with Gasteiger partial charge < -0.3 is 19.9 Å². The lowest BCUT2D eigenvalue weighted by Gasteiger charge is -2.41. The first-order valence-electron chi connectivity index (χ1n) is 13.5. The van der Waals surface area contributed by atoms with Crippen molar-refractivity contribution in [2.24, 2.45) is 13.0 Å². The van der Waals surface area contributed by atoms with Crippen molar-refractivity contribution in [2.45, 2.75) is 47.5 Å². The summed E-state index contributed by atoms with van der Waals surface area (Å²) < 4.78 is 12.7. The predicted molar refractivity (Wildman–Crippen MR) is 167 cm³/mol. The van der Waals surface area contributed by atoms with Crippen LogP contribution in [0.4, 0.5) is 0 Å². The Labute approximate surface area is 268 Å². The molecule has 0 aliphatic carbocycles. The van der Waals surface area contributed by atoms with E-state index in [1.807, 2.05) is 72.8 Å². The molecular weight excluding hydrogens is 633 g/mol. The van der Waals surface area contributed by atoms with E-state index in [9.17, 15) is 9.90 Å². The third-order valence-corrected chi connectivity index (χ3v) is 8.90. The Kier molecular flexibility index (Phi) is 10.3. The summed E-state index contributed by atoms with van der Waals surface area (Å²) in [5.74, 6) is -0.0302. The number of amides is 1. The van der Waals surface area contributed by atoms with Gasteiger partial charge in [-0.15, -0.1) is 5.10 Å². The maximum Gasteiger partial charge on any atom is 0.272 e. The van der Waals surface area contributed by atoms with Crippen molar-refractivity contribution in [3.63, 3.8) is 0 Å². The van der Waals surface area contributed by atoms with Crippen LogP contribution in [0.15, 0.2) is 78.0 Å². The highest BCUT2D eigenvalue weighted by Gasteiger charge is 2.38. The topological polar surface area (TPSA) is 111 Å². The van der Waals surface area contributed by atoms with Crippen LogP contribution in [-0.4, -0.2) is 46.9 Å². The molecule has 0 spiro atoms. The largest absolute Gasteiger partial charge is 0.392 e. The van der Waals surface area contributed by atoms with Crippen LogP contribution in [-0.2, 0) is 34.5 Å². The molecule has 4 aromatic rings. The van der Waals surface area contributed by atoms with Crippen molar-refractivity contribution in [2.75, 3.05) is 5.75 Å². The van der Waals surface area contributed by atoms with E-state index in [0.29, 0.717) is 10.9 Å². The molecule has 2 heterocycles. The Balaban J connectivity index is 1.37. The maximum absolute atomic E-state index is 12.1. The number of aliphatic hydroxyl groups excluding tert-OH is 1. The van der Waals surface area contributed by atoms with Gasteiger partial charge >= 0.3 is 0 Å². The van der Waals surface area contributed by atoms with Crippen LogP contribution < -0.4 is 5.32 Å². The summed E-state index contributed by atoms with van der Waals surface area (Å²) in [5.41, 5.74) is 5.47. The Bertz CT molecular complexity index is 1530. The lowest BCUT2D eigenvalue weighted by atomic mass is 9.91. The summed E-state index contributed by atoms with van der Waals surface area (Å²) in [6.07, 6.45) is -1.02. The molecule has 2 N–H and O–H groups in total. The number of aromatic nitrogens is 4. The molecule has 1 aliphatic rings. The fourth-order valence-corrected chi connectivity index (χ4v) is 6.08. The van der Waals surface area contributed by atoms with Crippen molar-refractivity contribution in [3.8, 4) is 11.1 Å². The van der Waals surface area contributed by atoms with Crippen molar-refractivity contribution in [1.29, 1.82) is 0 Å². The number of benzene rings is 3. The molecule has 0 saturated carbocycles. The molecule has 0 radical (unpaired) electrons. The molecule has 1 fully saturated rings. The average molecular weight is 663 g/mol. The number of rotatable bonds is 9. The average Bonchev–Trinajstić information content (AvgIpc) is 3.43. The second-order valence-corrected chi connectivity index (χ2v) is 13.4. The number of hydrogen-bond acceptors (Lipinski definition) is 8. The zero-order valence-electron chi connectivity index (χ0n) is 23.4. The van der Waals surface area contributed by atoms with E-state index in [-0.39, 0.29) is 31.3 Å². The monoisotopic (exact) mass is 661 g/mol. The standard InChI is InChI=1S/C30H30Cl3N5O4S/c1-18-25(17-43-29-35-36-37-38(29)2)41-27(42-26(18)21-9-7-19(16-39)8-10-21)22-13-11-20(12-14-22)24-6-4-3-5-23(24)15-34-28(40)30(31,32)33/h3-14,18,25-27,39H,15-17H2,1-2H3,(H,34,40)/t18-,25+,26+,27+/m1/s1. The number of alkyl halides is 3. The summed E-state index contributed by atoms with van der Waals surface area (Å²) in [5, 5.41) is 24.6. The summed E-state index contributed by atoms with van der Waals surface area (Å²) in [7, 11) is 1.81. The number of aryl methyl sites for hydroxylation is 1. The number of nitrogens with zero attached hydrogens (tertiary/aromatic N) is 4. The maximum atomic E-state index is 12.1. The quantitative estimate of drug-likeness (QED) is 0.167. The molecule has 13 heteroatoms. The third-order valence-electron chi connectivity index (χ3n) is 7.29. The molecule has 0 unspecified atom stereocenters. The van der Waals surface area contributed by atoms with E-state index >= 15 is 0 Å². The molecule has 5 rings (SSSR count). The van der Waals surface area contributed by atoms with Gasteiger partial charge in [-0.3, -0.25) is 4.79 Å². The Hall–Kier alpha value is -2.70. The first-order chi connectivity index (χ1) is 20.6. The second kappa shape index (κ2) is 13.9. The van der Waals surface area contributed by atoms with E-state index < -0.39 is 16.0 Å². The van der Waals surface area contributed by atoms with E-state index in [0.717, 1.165) is 33.4 Å². The molecule has 1 saturated heterocycles. The molecule has 4 atom stereocenters. The van der Waals surface area contributed by atoms with E-state index in [4.69, 9.17) is 44.3 Å². The molecule has 3 aromatic carbocycles. The van der Waals surface area contributed by atoms with Crippen molar-refractivity contribution < 1.29 is 19.4 Å². The van der Waals surface area contributed by atoms with Crippen LogP contribution in [0.2, 0.25) is 0 Å². The second-order valence-electron chi connectivity index (χ2n) is 10.2. The Morgan fingerprint density at radius 1 is 1.02 bits per heavy atom. The van der Waals surface area contributed by atoms with Crippen molar-refractivity contribution in [1.82, 2.24) is 25.5 Å². The van der Waals surface area contributed by atoms with Crippen LogP contribution in [0.25, 0.3) is 11.1 Å². The normalized spacial score (nSPS) is 20.6. The number of carbonyl (C=O) groups excluding carboxylic acids is 1. The number of ether oxygens (including phenoxy) is 2. The van der Waals surface area contributed by atoms with Gasteiger partial charge in [-0.2, -0.15) is 0 Å². The van der Waals surface area contributed by atoms with E-state index in [1.165, 1.54) is 11.8 Å². The minimum atomic E-state index is -2.03. The number of tetrazole rings is 1. The molecule has 1 amide bonds. The summed E-state index contributed by atoms with van der Waals surface area (Å²) >= 11 is 18.7. The fraction of sp³-hybridized carbons (Fsp3) is 0.333. The summed E-state index contributed by atoms with van der Waals surface area (Å²) in [4.78, 5) is 12.1. The van der Waals surface area contributed by atoms with Crippen LogP contribution >= 0.6 is 46.6 Å². The highest BCUT2D eigenvalue weighted by molar-refractivity contribution is 7.99. The highest BCUT2D eigenvalue weighted by Crippen LogP contribution is 2.43. The number of thioether (sulfide) groups is 1. The lowest BCUT2D eigenvalue weighted by Crippen LogP contribution is -2.38. The van der Waals surface area contributed by atoms with Gasteiger partial charge in [-0.1, -0.05) is 126 Å². The SMILES string of the molecule is C[C@@H]1[C@H](CSc2nnnn2C)O[C@H](c2ccc(-c3ccccc3CNC(=O)C(Cl)(Cl)Cl)cc2)O[C@@H]1c1ccc(CO)cc1. The molecule has 1 aliphatic heterocycles. The first kappa shape index (κ1) is 31.7. The van der Waals surface area contributed by atoms with Crippen LogP contribution in [0.5, 0.6) is 0 Å². The number of nitrogens with one attached hydrogen (secondary N) is 1. The Morgan fingerprint density at radius 3 is 2.37 bits per heavy atom. The zero-order chi connectivity index (χ0) is 30.6. The molecule has 0 bridgehead atoms. The van der Waals surface area contributed by atoms with Gasteiger partial charge in [0.1, 0.15) is 0 Å². The summed E-state index contributed by atoms with van der Waals surface area (Å²) in [6.45, 7) is 2.30. The molecule has 226 valence electrons. The number of aliphatic hydroxyl groups is 1. The van der Waals surface area contributed by atoms with Gasteiger partial charge in [-0.05, 0) is 38.2 Å². The summed E-state index contributed by atoms with van der Waals surface area (Å²) in [6, 6.07) is 23.5. The van der Waals surface area contributed by atoms with E-state index in [2.05, 4.69) is 27.8 Å². The minimum absolute atomic E-state index is 0.0210. The van der Waals surface area contributed by atoms with Crippen LogP contribution in [0.1, 0.15) is 41.6 Å². The molecule has 43 heavy (non-hydrogen) atoms. The molecule has 9 nitrogen and oxygen atoms in total. The first-order valence-corrected chi connectivity index (χ1v) is 15.6. The van der Waals surface area contributed by atoms with Gasteiger partial charge in [0.15, 0.2) is 6.29 Å². The predicted octanol–water partition coefficient (Wildman–Crippen LogP) is 5.94.